The van der Waals surface area contributed by atoms with Crippen LogP contribution in [0.15, 0.2) is 18.2 Å². The van der Waals surface area contributed by atoms with Gasteiger partial charge in [0, 0.05) is 19.9 Å². The predicted octanol–water partition coefficient (Wildman–Crippen LogP) is 3.03. The molecule has 0 saturated heterocycles. The van der Waals surface area contributed by atoms with Crippen molar-refractivity contribution in [3.8, 4) is 0 Å². The van der Waals surface area contributed by atoms with Gasteiger partial charge >= 0.3 is 0 Å². The lowest BCUT2D eigenvalue weighted by molar-refractivity contribution is 0.0135. The van der Waals surface area contributed by atoms with Crippen LogP contribution in [0.1, 0.15) is 38.8 Å². The third kappa shape index (κ3) is 2.99. The van der Waals surface area contributed by atoms with E-state index in [0.717, 1.165) is 16.8 Å². The molecule has 0 saturated carbocycles. The Kier molecular flexibility index (Phi) is 3.84. The number of hydrogen-bond donors (Lipinski definition) is 1. The molecule has 0 atom stereocenters. The lowest BCUT2D eigenvalue weighted by atomic mass is 9.90. The van der Waals surface area contributed by atoms with E-state index in [9.17, 15) is 0 Å². The molecule has 0 fully saturated rings. The van der Waals surface area contributed by atoms with Crippen molar-refractivity contribution in [2.45, 2.75) is 38.9 Å². The monoisotopic (exact) mass is 237 g/mol. The molecule has 1 rings (SSSR count). The number of benzene rings is 1. The molecule has 2 N–H and O–H groups in total. The Morgan fingerprint density at radius 3 is 1.47 bits per heavy atom. The van der Waals surface area contributed by atoms with Crippen molar-refractivity contribution in [3.05, 3.63) is 29.3 Å². The van der Waals surface area contributed by atoms with Crippen molar-refractivity contribution in [3.63, 3.8) is 0 Å². The fourth-order valence-corrected chi connectivity index (χ4v) is 1.58. The number of nitrogen functional groups attached to an aromatic ring is 1. The second-order valence-corrected chi connectivity index (χ2v) is 5.27. The first-order chi connectivity index (χ1) is 7.73. The summed E-state index contributed by atoms with van der Waals surface area (Å²) in [4.78, 5) is 0. The van der Waals surface area contributed by atoms with Crippen LogP contribution in [0.25, 0.3) is 0 Å². The smallest absolute Gasteiger partial charge is 0.0872 e. The van der Waals surface area contributed by atoms with Crippen molar-refractivity contribution < 1.29 is 9.47 Å². The summed E-state index contributed by atoms with van der Waals surface area (Å²) < 4.78 is 11.0. The highest BCUT2D eigenvalue weighted by molar-refractivity contribution is 5.47. The average molecular weight is 237 g/mol. The fraction of sp³-hybridized carbons (Fsp3) is 0.571. The van der Waals surface area contributed by atoms with E-state index < -0.39 is 0 Å². The summed E-state index contributed by atoms with van der Waals surface area (Å²) in [5, 5.41) is 0. The van der Waals surface area contributed by atoms with Gasteiger partial charge in [-0.2, -0.15) is 0 Å². The zero-order chi connectivity index (χ0) is 13.3. The van der Waals surface area contributed by atoms with Crippen molar-refractivity contribution in [2.24, 2.45) is 0 Å². The highest BCUT2D eigenvalue weighted by atomic mass is 16.5. The van der Waals surface area contributed by atoms with Crippen LogP contribution in [0.4, 0.5) is 5.69 Å². The molecule has 96 valence electrons. The average Bonchev–Trinajstić information content (AvgIpc) is 2.28. The second kappa shape index (κ2) is 4.67. The summed E-state index contributed by atoms with van der Waals surface area (Å²) in [6.45, 7) is 8.08. The highest BCUT2D eigenvalue weighted by Gasteiger charge is 2.25. The van der Waals surface area contributed by atoms with Crippen LogP contribution >= 0.6 is 0 Å². The molecular formula is C14H23NO2. The molecule has 17 heavy (non-hydrogen) atoms. The minimum atomic E-state index is -0.353. The van der Waals surface area contributed by atoms with Gasteiger partial charge in [-0.1, -0.05) is 0 Å². The lowest BCUT2D eigenvalue weighted by Crippen LogP contribution is -2.24. The van der Waals surface area contributed by atoms with E-state index >= 15 is 0 Å². The summed E-state index contributed by atoms with van der Waals surface area (Å²) in [6.07, 6.45) is 0. The Labute approximate surface area is 104 Å². The van der Waals surface area contributed by atoms with Gasteiger partial charge in [0.2, 0.25) is 0 Å². The van der Waals surface area contributed by atoms with Gasteiger partial charge in [0.15, 0.2) is 0 Å². The van der Waals surface area contributed by atoms with Gasteiger partial charge in [-0.05, 0) is 57.0 Å². The van der Waals surface area contributed by atoms with Crippen LogP contribution in [0, 0.1) is 0 Å². The first-order valence-electron chi connectivity index (χ1n) is 5.75. The lowest BCUT2D eigenvalue weighted by Gasteiger charge is -2.28. The van der Waals surface area contributed by atoms with Crippen molar-refractivity contribution in [2.75, 3.05) is 20.0 Å². The Balaban J connectivity index is 3.29. The van der Waals surface area contributed by atoms with E-state index in [-0.39, 0.29) is 11.2 Å². The van der Waals surface area contributed by atoms with Gasteiger partial charge in [0.25, 0.3) is 0 Å². The maximum Gasteiger partial charge on any atom is 0.0872 e. The van der Waals surface area contributed by atoms with Gasteiger partial charge in [-0.25, -0.2) is 0 Å². The number of nitrogens with two attached hydrogens (primary N) is 1. The highest BCUT2D eigenvalue weighted by Crippen LogP contribution is 2.32. The molecule has 0 radical (unpaired) electrons. The van der Waals surface area contributed by atoms with Gasteiger partial charge in [-0.15, -0.1) is 0 Å². The Bertz CT molecular complexity index is 363. The minimum absolute atomic E-state index is 0.353. The first-order valence-corrected chi connectivity index (χ1v) is 5.75. The molecule has 0 bridgehead atoms. The van der Waals surface area contributed by atoms with Gasteiger partial charge in [0.05, 0.1) is 11.2 Å². The third-order valence-electron chi connectivity index (χ3n) is 3.37. The van der Waals surface area contributed by atoms with Gasteiger partial charge in [0.1, 0.15) is 0 Å². The summed E-state index contributed by atoms with van der Waals surface area (Å²) in [6, 6.07) is 5.97. The zero-order valence-electron chi connectivity index (χ0n) is 11.6. The van der Waals surface area contributed by atoms with Crippen molar-refractivity contribution >= 4 is 5.69 Å². The largest absolute Gasteiger partial charge is 0.399 e. The van der Waals surface area contributed by atoms with Crippen LogP contribution in [0.2, 0.25) is 0 Å². The summed E-state index contributed by atoms with van der Waals surface area (Å²) >= 11 is 0. The molecule has 0 spiro atoms. The molecule has 0 amide bonds. The number of anilines is 1. The molecule has 3 nitrogen and oxygen atoms in total. The maximum atomic E-state index is 5.95. The molecule has 0 aliphatic heterocycles. The van der Waals surface area contributed by atoms with Crippen LogP contribution in [0.3, 0.4) is 0 Å². The quantitative estimate of drug-likeness (QED) is 0.819. The molecule has 0 heterocycles. The Morgan fingerprint density at radius 2 is 1.18 bits per heavy atom. The molecule has 0 aliphatic rings. The molecule has 1 aromatic carbocycles. The number of methoxy groups -OCH3 is 2. The topological polar surface area (TPSA) is 44.5 Å². The number of rotatable bonds is 4. The van der Waals surface area contributed by atoms with Crippen LogP contribution < -0.4 is 5.73 Å². The maximum absolute atomic E-state index is 5.95. The number of hydrogen-bond acceptors (Lipinski definition) is 3. The minimum Gasteiger partial charge on any atom is -0.399 e. The van der Waals surface area contributed by atoms with E-state index in [4.69, 9.17) is 15.2 Å². The van der Waals surface area contributed by atoms with Crippen molar-refractivity contribution in [1.29, 1.82) is 0 Å². The summed E-state index contributed by atoms with van der Waals surface area (Å²) in [5.74, 6) is 0. The molecule has 0 aromatic heterocycles. The predicted molar refractivity (Wildman–Crippen MR) is 70.9 cm³/mol. The van der Waals surface area contributed by atoms with Crippen LogP contribution in [-0.4, -0.2) is 14.2 Å². The number of ether oxygens (including phenoxy) is 2. The molecule has 0 aliphatic carbocycles. The van der Waals surface area contributed by atoms with Gasteiger partial charge in [-0.3, -0.25) is 0 Å². The Hall–Kier alpha value is -1.06. The normalized spacial score (nSPS) is 12.8. The molecule has 0 unspecified atom stereocenters. The molecule has 1 aromatic rings. The van der Waals surface area contributed by atoms with Crippen molar-refractivity contribution in [1.82, 2.24) is 0 Å². The van der Waals surface area contributed by atoms with Crippen LogP contribution in [-0.2, 0) is 20.7 Å². The van der Waals surface area contributed by atoms with E-state index in [1.54, 1.807) is 14.2 Å². The van der Waals surface area contributed by atoms with E-state index in [1.807, 2.05) is 39.8 Å². The fourth-order valence-electron chi connectivity index (χ4n) is 1.58. The SMILES string of the molecule is COC(C)(C)c1cc(N)cc(C(C)(C)OC)c1. The van der Waals surface area contributed by atoms with Crippen LogP contribution in [0.5, 0.6) is 0 Å². The zero-order valence-corrected chi connectivity index (χ0v) is 11.6. The van der Waals surface area contributed by atoms with E-state index in [0.29, 0.717) is 0 Å². The van der Waals surface area contributed by atoms with Gasteiger partial charge < -0.3 is 15.2 Å². The third-order valence-corrected chi connectivity index (χ3v) is 3.37. The summed E-state index contributed by atoms with van der Waals surface area (Å²) in [5.41, 5.74) is 8.09. The standard InChI is InChI=1S/C14H23NO2/c1-13(2,16-5)10-7-11(9-12(15)8-10)14(3,4)17-6/h7-9H,15H2,1-6H3. The van der Waals surface area contributed by atoms with E-state index in [2.05, 4.69) is 6.07 Å². The second-order valence-electron chi connectivity index (χ2n) is 5.27. The molecule has 3 heteroatoms. The Morgan fingerprint density at radius 1 is 0.824 bits per heavy atom. The molecular weight excluding hydrogens is 214 g/mol. The first kappa shape index (κ1) is 14.0. The van der Waals surface area contributed by atoms with E-state index in [1.165, 1.54) is 0 Å². The summed E-state index contributed by atoms with van der Waals surface area (Å²) in [7, 11) is 3.40.